The third-order valence-corrected chi connectivity index (χ3v) is 4.71. The first-order valence-corrected chi connectivity index (χ1v) is 8.60. The molecular formula is C18H16N2O2S. The lowest BCUT2D eigenvalue weighted by Gasteiger charge is -2.05. The smallest absolute Gasteiger partial charge is 0.282 e. The van der Waals surface area contributed by atoms with E-state index in [4.69, 9.17) is 0 Å². The van der Waals surface area contributed by atoms with Crippen molar-refractivity contribution in [3.8, 4) is 5.69 Å². The highest BCUT2D eigenvalue weighted by Gasteiger charge is 2.11. The SMILES string of the molecule is Cc1ccc(S(=O)(=O)/N=C/c2cccn2-c2ccccc2)cc1. The van der Waals surface area contributed by atoms with Gasteiger partial charge >= 0.3 is 0 Å². The fourth-order valence-corrected chi connectivity index (χ4v) is 3.07. The first-order chi connectivity index (χ1) is 11.1. The molecule has 23 heavy (non-hydrogen) atoms. The predicted molar refractivity (Wildman–Crippen MR) is 91.7 cm³/mol. The van der Waals surface area contributed by atoms with Crippen molar-refractivity contribution in [1.29, 1.82) is 0 Å². The molecule has 0 spiro atoms. The van der Waals surface area contributed by atoms with E-state index in [0.717, 1.165) is 11.3 Å². The monoisotopic (exact) mass is 324 g/mol. The fraction of sp³-hybridized carbons (Fsp3) is 0.0556. The maximum absolute atomic E-state index is 12.3. The normalized spacial score (nSPS) is 11.9. The van der Waals surface area contributed by atoms with Crippen molar-refractivity contribution in [2.45, 2.75) is 11.8 Å². The molecule has 0 amide bonds. The molecule has 0 unspecified atom stereocenters. The minimum Gasteiger partial charge on any atom is -0.316 e. The van der Waals surface area contributed by atoms with E-state index in [1.54, 1.807) is 24.3 Å². The molecule has 4 nitrogen and oxygen atoms in total. The molecular weight excluding hydrogens is 308 g/mol. The Bertz CT molecular complexity index is 925. The number of rotatable bonds is 4. The third kappa shape index (κ3) is 3.40. The summed E-state index contributed by atoms with van der Waals surface area (Å²) in [5, 5.41) is 0. The van der Waals surface area contributed by atoms with Gasteiger partial charge in [0.25, 0.3) is 10.0 Å². The summed E-state index contributed by atoms with van der Waals surface area (Å²) >= 11 is 0. The summed E-state index contributed by atoms with van der Waals surface area (Å²) in [6, 6.07) is 20.0. The van der Waals surface area contributed by atoms with Crippen LogP contribution in [0.1, 0.15) is 11.3 Å². The molecule has 0 N–H and O–H groups in total. The second-order valence-corrected chi connectivity index (χ2v) is 6.79. The molecule has 0 aliphatic carbocycles. The molecule has 0 saturated carbocycles. The summed E-state index contributed by atoms with van der Waals surface area (Å²) in [5.41, 5.74) is 2.66. The molecule has 2 aromatic carbocycles. The van der Waals surface area contributed by atoms with Crippen LogP contribution in [0.15, 0.2) is 82.2 Å². The van der Waals surface area contributed by atoms with Crippen LogP contribution < -0.4 is 0 Å². The van der Waals surface area contributed by atoms with Gasteiger partial charge < -0.3 is 4.57 Å². The zero-order valence-corrected chi connectivity index (χ0v) is 13.4. The van der Waals surface area contributed by atoms with Gasteiger partial charge in [0, 0.05) is 11.9 Å². The Morgan fingerprint density at radius 3 is 2.30 bits per heavy atom. The van der Waals surface area contributed by atoms with Gasteiger partial charge in [-0.2, -0.15) is 12.8 Å². The molecule has 1 heterocycles. The number of nitrogens with zero attached hydrogens (tertiary/aromatic N) is 2. The average molecular weight is 324 g/mol. The van der Waals surface area contributed by atoms with Gasteiger partial charge in [0.1, 0.15) is 0 Å². The Labute approximate surface area is 135 Å². The van der Waals surface area contributed by atoms with Crippen LogP contribution in [-0.4, -0.2) is 19.2 Å². The van der Waals surface area contributed by atoms with Crippen molar-refractivity contribution in [2.75, 3.05) is 0 Å². The van der Waals surface area contributed by atoms with E-state index in [9.17, 15) is 8.42 Å². The van der Waals surface area contributed by atoms with Gasteiger partial charge in [-0.15, -0.1) is 0 Å². The van der Waals surface area contributed by atoms with Gasteiger partial charge in [-0.3, -0.25) is 0 Å². The van der Waals surface area contributed by atoms with Crippen LogP contribution in [0, 0.1) is 6.92 Å². The number of aromatic nitrogens is 1. The van der Waals surface area contributed by atoms with Crippen LogP contribution in [0.5, 0.6) is 0 Å². The summed E-state index contributed by atoms with van der Waals surface area (Å²) in [4.78, 5) is 0.192. The van der Waals surface area contributed by atoms with E-state index >= 15 is 0 Å². The number of aryl methyl sites for hydroxylation is 1. The van der Waals surface area contributed by atoms with Crippen molar-refractivity contribution in [2.24, 2.45) is 4.40 Å². The highest BCUT2D eigenvalue weighted by atomic mass is 32.2. The van der Waals surface area contributed by atoms with Crippen LogP contribution >= 0.6 is 0 Å². The van der Waals surface area contributed by atoms with Crippen LogP contribution in [0.3, 0.4) is 0 Å². The minimum absolute atomic E-state index is 0.192. The zero-order chi connectivity index (χ0) is 16.3. The third-order valence-electron chi connectivity index (χ3n) is 3.46. The van der Waals surface area contributed by atoms with E-state index in [0.29, 0.717) is 5.69 Å². The molecule has 0 bridgehead atoms. The molecule has 3 aromatic rings. The topological polar surface area (TPSA) is 51.4 Å². The molecule has 5 heteroatoms. The van der Waals surface area contributed by atoms with E-state index < -0.39 is 10.0 Å². The highest BCUT2D eigenvalue weighted by Crippen LogP contribution is 2.15. The van der Waals surface area contributed by atoms with Crippen molar-refractivity contribution >= 4 is 16.2 Å². The van der Waals surface area contributed by atoms with Gasteiger partial charge in [-0.25, -0.2) is 0 Å². The number of para-hydroxylation sites is 1. The molecule has 0 radical (unpaired) electrons. The molecule has 0 fully saturated rings. The van der Waals surface area contributed by atoms with Crippen molar-refractivity contribution in [1.82, 2.24) is 4.57 Å². The summed E-state index contributed by atoms with van der Waals surface area (Å²) in [7, 11) is -3.70. The number of sulfonamides is 1. The lowest BCUT2D eigenvalue weighted by Crippen LogP contribution is -2.01. The standard InChI is InChI=1S/C18H16N2O2S/c1-15-9-11-18(12-10-15)23(21,22)19-14-17-8-5-13-20(17)16-6-3-2-4-7-16/h2-14H,1H3/b19-14+. The van der Waals surface area contributed by atoms with Gasteiger partial charge in [0.15, 0.2) is 0 Å². The van der Waals surface area contributed by atoms with Gasteiger partial charge in [-0.05, 0) is 43.3 Å². The molecule has 116 valence electrons. The van der Waals surface area contributed by atoms with E-state index in [1.165, 1.54) is 6.21 Å². The lowest BCUT2D eigenvalue weighted by molar-refractivity contribution is 0.598. The van der Waals surface area contributed by atoms with Crippen LogP contribution in [0.4, 0.5) is 0 Å². The molecule has 0 aliphatic rings. The van der Waals surface area contributed by atoms with Crippen LogP contribution in [0.25, 0.3) is 5.69 Å². The average Bonchev–Trinajstić information content (AvgIpc) is 3.03. The Balaban J connectivity index is 1.92. The van der Waals surface area contributed by atoms with Gasteiger partial charge in [0.2, 0.25) is 0 Å². The van der Waals surface area contributed by atoms with Crippen LogP contribution in [-0.2, 0) is 10.0 Å². The molecule has 1 aromatic heterocycles. The highest BCUT2D eigenvalue weighted by molar-refractivity contribution is 7.90. The summed E-state index contributed by atoms with van der Waals surface area (Å²) < 4.78 is 30.3. The maximum atomic E-state index is 12.3. The van der Waals surface area contributed by atoms with Crippen molar-refractivity contribution < 1.29 is 8.42 Å². The lowest BCUT2D eigenvalue weighted by atomic mass is 10.2. The number of hydrogen-bond donors (Lipinski definition) is 0. The number of hydrogen-bond acceptors (Lipinski definition) is 2. The van der Waals surface area contributed by atoms with E-state index in [1.807, 2.05) is 60.2 Å². The second-order valence-electron chi connectivity index (χ2n) is 5.16. The van der Waals surface area contributed by atoms with E-state index in [-0.39, 0.29) is 4.90 Å². The summed E-state index contributed by atoms with van der Waals surface area (Å²) in [6.45, 7) is 1.91. The second kappa shape index (κ2) is 6.22. The van der Waals surface area contributed by atoms with Gasteiger partial charge in [0.05, 0.1) is 16.8 Å². The summed E-state index contributed by atoms with van der Waals surface area (Å²) in [6.07, 6.45) is 3.25. The summed E-state index contributed by atoms with van der Waals surface area (Å²) in [5.74, 6) is 0. The number of benzene rings is 2. The predicted octanol–water partition coefficient (Wildman–Crippen LogP) is 3.59. The molecule has 3 rings (SSSR count). The van der Waals surface area contributed by atoms with Crippen LogP contribution in [0.2, 0.25) is 0 Å². The van der Waals surface area contributed by atoms with Crippen molar-refractivity contribution in [3.05, 3.63) is 84.2 Å². The Kier molecular flexibility index (Phi) is 4.12. The molecule has 0 aliphatic heterocycles. The molecule has 0 saturated heterocycles. The quantitative estimate of drug-likeness (QED) is 0.689. The Morgan fingerprint density at radius 1 is 0.913 bits per heavy atom. The maximum Gasteiger partial charge on any atom is 0.282 e. The molecule has 0 atom stereocenters. The largest absolute Gasteiger partial charge is 0.316 e. The first-order valence-electron chi connectivity index (χ1n) is 7.16. The van der Waals surface area contributed by atoms with Gasteiger partial charge in [-0.1, -0.05) is 35.9 Å². The Hall–Kier alpha value is -2.66. The minimum atomic E-state index is -3.70. The van der Waals surface area contributed by atoms with E-state index in [2.05, 4.69) is 4.40 Å². The zero-order valence-electron chi connectivity index (χ0n) is 12.6. The van der Waals surface area contributed by atoms with Crippen molar-refractivity contribution in [3.63, 3.8) is 0 Å². The Morgan fingerprint density at radius 2 is 1.61 bits per heavy atom. The fourth-order valence-electron chi connectivity index (χ4n) is 2.22. The first kappa shape index (κ1) is 15.2.